The van der Waals surface area contributed by atoms with Crippen molar-refractivity contribution in [3.8, 4) is 0 Å². The van der Waals surface area contributed by atoms with Crippen LogP contribution in [-0.4, -0.2) is 43.8 Å². The van der Waals surface area contributed by atoms with Crippen LogP contribution in [0.3, 0.4) is 0 Å². The van der Waals surface area contributed by atoms with Gasteiger partial charge in [0, 0.05) is 22.1 Å². The number of carbonyl (C=O) groups excluding carboxylic acids is 2. The van der Waals surface area contributed by atoms with Crippen LogP contribution in [0.5, 0.6) is 0 Å². The Morgan fingerprint density at radius 2 is 1.63 bits per heavy atom. The van der Waals surface area contributed by atoms with Crippen molar-refractivity contribution in [1.82, 2.24) is 10.2 Å². The molecule has 0 aliphatic rings. The summed E-state index contributed by atoms with van der Waals surface area (Å²) in [6.45, 7) is 4.74. The summed E-state index contributed by atoms with van der Waals surface area (Å²) in [6, 6.07) is 18.4. The van der Waals surface area contributed by atoms with Crippen LogP contribution in [0.4, 0.5) is 5.69 Å². The lowest BCUT2D eigenvalue weighted by Gasteiger charge is -2.32. The molecule has 1 atom stereocenters. The highest BCUT2D eigenvalue weighted by atomic mass is 79.9. The van der Waals surface area contributed by atoms with E-state index in [9.17, 15) is 18.0 Å². The molecule has 0 fully saturated rings. The molecule has 3 aromatic carbocycles. The van der Waals surface area contributed by atoms with Crippen LogP contribution in [0.15, 0.2) is 82.2 Å². The molecule has 0 spiro atoms. The number of amides is 2. The highest BCUT2D eigenvalue weighted by Crippen LogP contribution is 2.33. The van der Waals surface area contributed by atoms with Crippen molar-refractivity contribution in [3.63, 3.8) is 0 Å². The zero-order valence-corrected chi connectivity index (χ0v) is 25.0. The maximum atomic E-state index is 13.9. The number of sulfonamides is 1. The minimum Gasteiger partial charge on any atom is -0.352 e. The van der Waals surface area contributed by atoms with Crippen molar-refractivity contribution in [3.05, 3.63) is 92.9 Å². The molecular formula is C27H28BrCl2N3O4S. The summed E-state index contributed by atoms with van der Waals surface area (Å²) in [6.07, 6.45) is 0. The molecule has 0 heterocycles. The van der Waals surface area contributed by atoms with E-state index in [0.29, 0.717) is 5.02 Å². The number of hydrogen-bond acceptors (Lipinski definition) is 4. The van der Waals surface area contributed by atoms with E-state index >= 15 is 0 Å². The fourth-order valence-electron chi connectivity index (χ4n) is 3.74. The van der Waals surface area contributed by atoms with Gasteiger partial charge in [-0.15, -0.1) is 0 Å². The molecule has 3 rings (SSSR count). The largest absolute Gasteiger partial charge is 0.352 e. The van der Waals surface area contributed by atoms with E-state index < -0.39 is 28.5 Å². The van der Waals surface area contributed by atoms with Crippen LogP contribution in [0.25, 0.3) is 0 Å². The number of nitrogens with one attached hydrogen (secondary N) is 1. The molecule has 2 amide bonds. The lowest BCUT2D eigenvalue weighted by Crippen LogP contribution is -2.52. The molecule has 0 radical (unpaired) electrons. The second-order valence-corrected chi connectivity index (χ2v) is 12.5. The number of anilines is 1. The van der Waals surface area contributed by atoms with Crippen molar-refractivity contribution < 1.29 is 18.0 Å². The van der Waals surface area contributed by atoms with E-state index in [1.807, 2.05) is 38.1 Å². The minimum absolute atomic E-state index is 0.0112. The van der Waals surface area contributed by atoms with Crippen LogP contribution >= 0.6 is 39.1 Å². The molecule has 0 aliphatic carbocycles. The summed E-state index contributed by atoms with van der Waals surface area (Å²) in [4.78, 5) is 28.2. The van der Waals surface area contributed by atoms with Gasteiger partial charge in [0.05, 0.1) is 15.6 Å². The molecule has 38 heavy (non-hydrogen) atoms. The summed E-state index contributed by atoms with van der Waals surface area (Å²) in [5.74, 6) is -0.938. The van der Waals surface area contributed by atoms with Crippen molar-refractivity contribution in [2.24, 2.45) is 0 Å². The quantitative estimate of drug-likeness (QED) is 0.299. The minimum atomic E-state index is -4.21. The van der Waals surface area contributed by atoms with E-state index in [0.717, 1.165) is 14.3 Å². The first-order valence-electron chi connectivity index (χ1n) is 11.8. The smallest absolute Gasteiger partial charge is 0.264 e. The Hall–Kier alpha value is -2.59. The van der Waals surface area contributed by atoms with Gasteiger partial charge in [-0.1, -0.05) is 69.5 Å². The maximum absolute atomic E-state index is 13.9. The Kier molecular flexibility index (Phi) is 10.2. The van der Waals surface area contributed by atoms with Gasteiger partial charge in [0.15, 0.2) is 0 Å². The molecule has 0 bridgehead atoms. The van der Waals surface area contributed by atoms with Gasteiger partial charge in [0.1, 0.15) is 12.6 Å². The zero-order chi connectivity index (χ0) is 28.0. The SMILES string of the molecule is CC(C)NC(=O)[C@@H](C)N(Cc1cccc(Br)c1)C(=O)CN(c1ccc(Cl)cc1Cl)S(=O)(=O)c1ccccc1. The summed E-state index contributed by atoms with van der Waals surface area (Å²) in [5, 5.41) is 3.20. The highest BCUT2D eigenvalue weighted by molar-refractivity contribution is 9.10. The summed E-state index contributed by atoms with van der Waals surface area (Å²) < 4.78 is 29.3. The van der Waals surface area contributed by atoms with Gasteiger partial charge >= 0.3 is 0 Å². The van der Waals surface area contributed by atoms with Gasteiger partial charge < -0.3 is 10.2 Å². The average molecular weight is 641 g/mol. The molecule has 3 aromatic rings. The predicted molar refractivity (Wildman–Crippen MR) is 155 cm³/mol. The molecule has 0 aromatic heterocycles. The molecule has 0 unspecified atom stereocenters. The monoisotopic (exact) mass is 639 g/mol. The molecule has 0 saturated carbocycles. The van der Waals surface area contributed by atoms with Gasteiger partial charge in [-0.2, -0.15) is 0 Å². The summed E-state index contributed by atoms with van der Waals surface area (Å²) in [7, 11) is -4.21. The Labute approximate surface area is 241 Å². The second-order valence-electron chi connectivity index (χ2n) is 8.91. The fourth-order valence-corrected chi connectivity index (χ4v) is 6.20. The maximum Gasteiger partial charge on any atom is 0.264 e. The average Bonchev–Trinajstić information content (AvgIpc) is 2.86. The Morgan fingerprint density at radius 1 is 0.947 bits per heavy atom. The Balaban J connectivity index is 2.06. The lowest BCUT2D eigenvalue weighted by atomic mass is 10.1. The normalized spacial score (nSPS) is 12.2. The topological polar surface area (TPSA) is 86.8 Å². The number of halogens is 3. The molecule has 1 N–H and O–H groups in total. The first-order chi connectivity index (χ1) is 17.9. The second kappa shape index (κ2) is 13.0. The Morgan fingerprint density at radius 3 is 2.24 bits per heavy atom. The predicted octanol–water partition coefficient (Wildman–Crippen LogP) is 5.89. The molecule has 11 heteroatoms. The van der Waals surface area contributed by atoms with E-state index in [4.69, 9.17) is 23.2 Å². The number of benzene rings is 3. The lowest BCUT2D eigenvalue weighted by molar-refractivity contribution is -0.139. The number of hydrogen-bond donors (Lipinski definition) is 1. The first kappa shape index (κ1) is 30.0. The van der Waals surface area contributed by atoms with Crippen LogP contribution in [0.2, 0.25) is 10.0 Å². The van der Waals surface area contributed by atoms with E-state index in [-0.39, 0.29) is 34.1 Å². The van der Waals surface area contributed by atoms with Crippen LogP contribution < -0.4 is 9.62 Å². The summed E-state index contributed by atoms with van der Waals surface area (Å²) >= 11 is 15.9. The van der Waals surface area contributed by atoms with Gasteiger partial charge in [-0.05, 0) is 68.8 Å². The fraction of sp³-hybridized carbons (Fsp3) is 0.259. The van der Waals surface area contributed by atoms with Crippen LogP contribution in [0, 0.1) is 0 Å². The number of carbonyl (C=O) groups is 2. The van der Waals surface area contributed by atoms with Crippen molar-refractivity contribution in [2.75, 3.05) is 10.8 Å². The molecule has 7 nitrogen and oxygen atoms in total. The van der Waals surface area contributed by atoms with Crippen molar-refractivity contribution >= 4 is 66.7 Å². The molecular weight excluding hydrogens is 613 g/mol. The highest BCUT2D eigenvalue weighted by Gasteiger charge is 2.33. The van der Waals surface area contributed by atoms with Crippen LogP contribution in [0.1, 0.15) is 26.3 Å². The van der Waals surface area contributed by atoms with Gasteiger partial charge in [-0.3, -0.25) is 13.9 Å². The summed E-state index contributed by atoms with van der Waals surface area (Å²) in [5.41, 5.74) is 0.855. The third kappa shape index (κ3) is 7.50. The first-order valence-corrected chi connectivity index (χ1v) is 14.8. The number of nitrogens with zero attached hydrogens (tertiary/aromatic N) is 2. The third-order valence-electron chi connectivity index (χ3n) is 5.63. The van der Waals surface area contributed by atoms with E-state index in [1.165, 1.54) is 35.2 Å². The van der Waals surface area contributed by atoms with E-state index in [1.54, 1.807) is 25.1 Å². The van der Waals surface area contributed by atoms with Gasteiger partial charge in [0.25, 0.3) is 10.0 Å². The van der Waals surface area contributed by atoms with Crippen molar-refractivity contribution in [2.45, 2.75) is 44.3 Å². The number of rotatable bonds is 10. The Bertz CT molecular complexity index is 1400. The molecule has 202 valence electrons. The van der Waals surface area contributed by atoms with Gasteiger partial charge in [0.2, 0.25) is 11.8 Å². The van der Waals surface area contributed by atoms with Crippen molar-refractivity contribution in [1.29, 1.82) is 0 Å². The third-order valence-corrected chi connectivity index (χ3v) is 8.43. The molecule has 0 aliphatic heterocycles. The molecule has 0 saturated heterocycles. The van der Waals surface area contributed by atoms with Gasteiger partial charge in [-0.25, -0.2) is 8.42 Å². The zero-order valence-electron chi connectivity index (χ0n) is 21.1. The standard InChI is InChI=1S/C27H28BrCl2N3O4S/c1-18(2)31-27(35)19(3)32(16-20-8-7-9-21(28)14-20)26(34)17-33(25-13-12-22(29)15-24(25)30)38(36,37)23-10-5-4-6-11-23/h4-15,18-19H,16-17H2,1-3H3,(H,31,35)/t19-/m1/s1. The van der Waals surface area contributed by atoms with E-state index in [2.05, 4.69) is 21.2 Å². The van der Waals surface area contributed by atoms with Crippen LogP contribution in [-0.2, 0) is 26.2 Å².